The highest BCUT2D eigenvalue weighted by molar-refractivity contribution is 6.32. The van der Waals surface area contributed by atoms with Crippen molar-refractivity contribution in [2.45, 2.75) is 19.3 Å². The van der Waals surface area contributed by atoms with Crippen molar-refractivity contribution in [3.05, 3.63) is 94.8 Å². The number of fused-ring (bicyclic) bond motifs is 7. The van der Waals surface area contributed by atoms with Crippen LogP contribution in [0.4, 0.5) is 28.8 Å². The lowest BCUT2D eigenvalue weighted by Gasteiger charge is -2.14. The molecule has 9 heteroatoms. The summed E-state index contributed by atoms with van der Waals surface area (Å²) in [4.78, 5) is 21.8. The molecule has 5 aromatic rings. The molecule has 6 rings (SSSR count). The van der Waals surface area contributed by atoms with Crippen molar-refractivity contribution in [1.29, 1.82) is 0 Å². The van der Waals surface area contributed by atoms with Gasteiger partial charge in [0.1, 0.15) is 10.7 Å². The summed E-state index contributed by atoms with van der Waals surface area (Å²) in [7, 11) is 0. The van der Waals surface area contributed by atoms with E-state index in [-0.39, 0.29) is 12.3 Å². The van der Waals surface area contributed by atoms with Crippen molar-refractivity contribution < 1.29 is 9.32 Å². The van der Waals surface area contributed by atoms with E-state index < -0.39 is 0 Å². The van der Waals surface area contributed by atoms with Crippen LogP contribution in [0.5, 0.6) is 0 Å². The molecule has 36 heavy (non-hydrogen) atoms. The average molecular weight is 497 g/mol. The maximum atomic E-state index is 13.0. The number of para-hydroxylation sites is 1. The van der Waals surface area contributed by atoms with Crippen LogP contribution >= 0.6 is 11.6 Å². The van der Waals surface area contributed by atoms with Gasteiger partial charge in [0.25, 0.3) is 0 Å². The van der Waals surface area contributed by atoms with E-state index in [1.165, 1.54) is 0 Å². The van der Waals surface area contributed by atoms with Gasteiger partial charge in [-0.05, 0) is 66.4 Å². The van der Waals surface area contributed by atoms with Crippen molar-refractivity contribution >= 4 is 57.3 Å². The van der Waals surface area contributed by atoms with Crippen molar-refractivity contribution in [2.75, 3.05) is 16.0 Å². The normalized spacial score (nSPS) is 12.5. The van der Waals surface area contributed by atoms with Crippen LogP contribution in [-0.4, -0.2) is 21.0 Å². The van der Waals surface area contributed by atoms with E-state index in [9.17, 15) is 4.79 Å². The molecule has 1 amide bonds. The molecule has 0 saturated carbocycles. The molecule has 0 atom stereocenters. The molecule has 0 saturated heterocycles. The van der Waals surface area contributed by atoms with Crippen molar-refractivity contribution in [3.63, 3.8) is 0 Å². The highest BCUT2D eigenvalue weighted by atomic mass is 35.5. The van der Waals surface area contributed by atoms with Crippen LogP contribution in [0, 0.1) is 0 Å². The quantitative estimate of drug-likeness (QED) is 0.279. The Hall–Kier alpha value is -4.43. The highest BCUT2D eigenvalue weighted by Gasteiger charge is 2.15. The van der Waals surface area contributed by atoms with E-state index in [0.29, 0.717) is 28.1 Å². The van der Waals surface area contributed by atoms with Crippen LogP contribution in [0.2, 0.25) is 5.02 Å². The van der Waals surface area contributed by atoms with E-state index in [4.69, 9.17) is 16.1 Å². The lowest BCUT2D eigenvalue weighted by Crippen LogP contribution is -2.16. The maximum absolute atomic E-state index is 13.0. The SMILES string of the molecule is O=C(Cc1noc2ccccc12)Nc1ccc2cc1CCc1cccc(c1)Nc1ncc(Cl)c(n1)N2. The van der Waals surface area contributed by atoms with Gasteiger partial charge in [0.15, 0.2) is 11.4 Å². The molecule has 8 nitrogen and oxygen atoms in total. The summed E-state index contributed by atoms with van der Waals surface area (Å²) in [6.45, 7) is 0. The molecule has 3 aromatic carbocycles. The number of anilines is 5. The van der Waals surface area contributed by atoms with Gasteiger partial charge in [0.05, 0.1) is 12.6 Å². The molecule has 6 bridgehead atoms. The first-order chi connectivity index (χ1) is 17.6. The van der Waals surface area contributed by atoms with Crippen molar-refractivity contribution in [3.8, 4) is 0 Å². The maximum Gasteiger partial charge on any atom is 0.230 e. The fraction of sp³-hybridized carbons (Fsp3) is 0.111. The number of hydrogen-bond acceptors (Lipinski definition) is 7. The number of nitrogens with one attached hydrogen (secondary N) is 3. The first-order valence-corrected chi connectivity index (χ1v) is 11.9. The lowest BCUT2D eigenvalue weighted by atomic mass is 10.0. The summed E-state index contributed by atoms with van der Waals surface area (Å²) in [6.07, 6.45) is 3.18. The van der Waals surface area contributed by atoms with Gasteiger partial charge in [-0.25, -0.2) is 4.98 Å². The molecule has 0 aliphatic carbocycles. The Morgan fingerprint density at radius 2 is 1.89 bits per heavy atom. The number of benzene rings is 3. The molecule has 3 N–H and O–H groups in total. The molecule has 0 spiro atoms. The Morgan fingerprint density at radius 1 is 1.00 bits per heavy atom. The Kier molecular flexibility index (Phi) is 5.71. The number of aryl methyl sites for hydroxylation is 2. The molecular weight excluding hydrogens is 476 g/mol. The minimum Gasteiger partial charge on any atom is -0.356 e. The van der Waals surface area contributed by atoms with Gasteiger partial charge in [-0.1, -0.05) is 41.0 Å². The molecular formula is C27H21ClN6O2. The number of aromatic nitrogens is 3. The number of nitrogens with zero attached hydrogens (tertiary/aromatic N) is 3. The first-order valence-electron chi connectivity index (χ1n) is 11.5. The number of halogens is 1. The van der Waals surface area contributed by atoms with E-state index >= 15 is 0 Å². The third-order valence-corrected chi connectivity index (χ3v) is 6.31. The zero-order valence-corrected chi connectivity index (χ0v) is 19.8. The molecule has 178 valence electrons. The number of rotatable bonds is 3. The summed E-state index contributed by atoms with van der Waals surface area (Å²) in [6, 6.07) is 21.4. The van der Waals surface area contributed by atoms with Gasteiger partial charge in [-0.15, -0.1) is 0 Å². The third kappa shape index (κ3) is 4.58. The largest absolute Gasteiger partial charge is 0.356 e. The molecule has 0 radical (unpaired) electrons. The molecule has 2 aromatic heterocycles. The van der Waals surface area contributed by atoms with Gasteiger partial charge in [0, 0.05) is 22.4 Å². The number of carbonyl (C=O) groups excluding carboxylic acids is 1. The summed E-state index contributed by atoms with van der Waals surface area (Å²) in [5.74, 6) is 0.775. The molecule has 1 aliphatic rings. The number of amides is 1. The fourth-order valence-electron chi connectivity index (χ4n) is 4.28. The first kappa shape index (κ1) is 22.1. The molecule has 1 aliphatic heterocycles. The van der Waals surface area contributed by atoms with Crippen molar-refractivity contribution in [1.82, 2.24) is 15.1 Å². The average Bonchev–Trinajstić information content (AvgIpc) is 3.28. The summed E-state index contributed by atoms with van der Waals surface area (Å²) in [5, 5.41) is 14.9. The standard InChI is InChI=1S/C27H21ClN6O2/c28-21-15-29-27-31-18-5-3-4-16(12-18)8-9-17-13-19(30-26(21)33-27)10-11-22(17)32-25(35)14-23-20-6-1-2-7-24(20)36-34-23/h1-7,10-13,15H,8-9,14H2,(H,32,35)(H2,29,30,31,33). The predicted molar refractivity (Wildman–Crippen MR) is 140 cm³/mol. The van der Waals surface area contributed by atoms with E-state index in [2.05, 4.69) is 43.2 Å². The second-order valence-electron chi connectivity index (χ2n) is 8.56. The monoisotopic (exact) mass is 496 g/mol. The van der Waals surface area contributed by atoms with Gasteiger partial charge in [-0.3, -0.25) is 4.79 Å². The number of hydrogen-bond donors (Lipinski definition) is 3. The predicted octanol–water partition coefficient (Wildman–Crippen LogP) is 6.04. The topological polar surface area (TPSA) is 105 Å². The van der Waals surface area contributed by atoms with Crippen LogP contribution in [0.3, 0.4) is 0 Å². The zero-order valence-electron chi connectivity index (χ0n) is 19.1. The third-order valence-electron chi connectivity index (χ3n) is 6.03. The Labute approximate surface area is 211 Å². The van der Waals surface area contributed by atoms with Crippen molar-refractivity contribution in [2.24, 2.45) is 0 Å². The van der Waals surface area contributed by atoms with Gasteiger partial charge >= 0.3 is 0 Å². The van der Waals surface area contributed by atoms with Crippen LogP contribution in [0.15, 0.2) is 77.4 Å². The smallest absolute Gasteiger partial charge is 0.230 e. The summed E-state index contributed by atoms with van der Waals surface area (Å²) < 4.78 is 5.34. The molecule has 3 heterocycles. The highest BCUT2D eigenvalue weighted by Crippen LogP contribution is 2.29. The minimum absolute atomic E-state index is 0.115. The van der Waals surface area contributed by atoms with Crippen LogP contribution in [0.1, 0.15) is 16.8 Å². The van der Waals surface area contributed by atoms with Crippen LogP contribution in [-0.2, 0) is 24.1 Å². The minimum atomic E-state index is -0.163. The number of carbonyl (C=O) groups is 1. The lowest BCUT2D eigenvalue weighted by molar-refractivity contribution is -0.115. The van der Waals surface area contributed by atoms with Gasteiger partial charge in [-0.2, -0.15) is 4.98 Å². The Morgan fingerprint density at radius 3 is 2.83 bits per heavy atom. The summed E-state index contributed by atoms with van der Waals surface area (Å²) >= 11 is 6.36. The van der Waals surface area contributed by atoms with E-state index in [1.807, 2.05) is 54.6 Å². The van der Waals surface area contributed by atoms with Gasteiger partial charge < -0.3 is 20.5 Å². The van der Waals surface area contributed by atoms with Crippen LogP contribution < -0.4 is 16.0 Å². The van der Waals surface area contributed by atoms with Gasteiger partial charge in [0.2, 0.25) is 11.9 Å². The fourth-order valence-corrected chi connectivity index (χ4v) is 4.42. The summed E-state index contributed by atoms with van der Waals surface area (Å²) in [5.41, 5.74) is 5.86. The van der Waals surface area contributed by atoms with E-state index in [1.54, 1.807) is 6.20 Å². The Bertz CT molecular complexity index is 1600. The molecule has 0 fully saturated rings. The second kappa shape index (κ2) is 9.31. The second-order valence-corrected chi connectivity index (χ2v) is 8.97. The molecule has 0 unspecified atom stereocenters. The van der Waals surface area contributed by atoms with Crippen LogP contribution in [0.25, 0.3) is 11.0 Å². The zero-order chi connectivity index (χ0) is 24.5. The van der Waals surface area contributed by atoms with E-state index in [0.717, 1.165) is 46.4 Å². The Balaban J connectivity index is 1.31.